The van der Waals surface area contributed by atoms with Gasteiger partial charge in [-0.2, -0.15) is 0 Å². The molecule has 0 bridgehead atoms. The first-order valence-corrected chi connectivity index (χ1v) is 9.54. The van der Waals surface area contributed by atoms with Crippen LogP contribution in [0.1, 0.15) is 38.1 Å². The van der Waals surface area contributed by atoms with Gasteiger partial charge in [-0.15, -0.1) is 10.2 Å². The minimum atomic E-state index is 0.420. The molecular weight excluding hydrogens is 336 g/mol. The van der Waals surface area contributed by atoms with E-state index in [2.05, 4.69) is 71.9 Å². The first kappa shape index (κ1) is 18.9. The van der Waals surface area contributed by atoms with Gasteiger partial charge in [0, 0.05) is 25.2 Å². The van der Waals surface area contributed by atoms with Gasteiger partial charge < -0.3 is 10.6 Å². The maximum Gasteiger partial charge on any atom is 0.191 e. The average Bonchev–Trinajstić information content (AvgIpc) is 3.10. The molecule has 0 amide bonds. The number of nitrogens with one attached hydrogen (secondary N) is 2. The van der Waals surface area contributed by atoms with Crippen LogP contribution in [0, 0.1) is 5.92 Å². The number of pyridine rings is 1. The molecule has 2 heterocycles. The molecule has 2 aromatic heterocycles. The van der Waals surface area contributed by atoms with Crippen LogP contribution in [0.15, 0.2) is 59.7 Å². The molecule has 142 valence electrons. The van der Waals surface area contributed by atoms with Crippen LogP contribution in [-0.4, -0.2) is 33.6 Å². The lowest BCUT2D eigenvalue weighted by atomic mass is 9.88. The maximum absolute atomic E-state index is 4.70. The summed E-state index contributed by atoms with van der Waals surface area (Å²) in [6.45, 7) is 8.69. The van der Waals surface area contributed by atoms with Gasteiger partial charge in [0.1, 0.15) is 6.54 Å². The van der Waals surface area contributed by atoms with Crippen molar-refractivity contribution in [3.63, 3.8) is 0 Å². The number of aliphatic imine (C=N–C) groups is 1. The SMILES string of the molecule is CCNC(=NCc1nnc2ccccn12)NCC(c1ccccc1)C(C)C. The van der Waals surface area contributed by atoms with Crippen LogP contribution in [-0.2, 0) is 6.54 Å². The predicted molar refractivity (Wildman–Crippen MR) is 110 cm³/mol. The van der Waals surface area contributed by atoms with Gasteiger partial charge >= 0.3 is 0 Å². The van der Waals surface area contributed by atoms with Crippen molar-refractivity contribution < 1.29 is 0 Å². The highest BCUT2D eigenvalue weighted by Gasteiger charge is 2.16. The molecule has 27 heavy (non-hydrogen) atoms. The summed E-state index contributed by atoms with van der Waals surface area (Å²) in [5.74, 6) is 2.57. The Hall–Kier alpha value is -2.89. The summed E-state index contributed by atoms with van der Waals surface area (Å²) < 4.78 is 1.97. The quantitative estimate of drug-likeness (QED) is 0.499. The van der Waals surface area contributed by atoms with Crippen molar-refractivity contribution in [3.8, 4) is 0 Å². The first-order valence-electron chi connectivity index (χ1n) is 9.54. The van der Waals surface area contributed by atoms with Gasteiger partial charge in [0.2, 0.25) is 0 Å². The summed E-state index contributed by atoms with van der Waals surface area (Å²) in [7, 11) is 0. The Bertz CT molecular complexity index is 869. The van der Waals surface area contributed by atoms with Crippen LogP contribution in [0.3, 0.4) is 0 Å². The molecule has 1 aromatic carbocycles. The van der Waals surface area contributed by atoms with Crippen molar-refractivity contribution >= 4 is 11.6 Å². The molecule has 1 unspecified atom stereocenters. The van der Waals surface area contributed by atoms with Gasteiger partial charge in [0.15, 0.2) is 17.4 Å². The number of fused-ring (bicyclic) bond motifs is 1. The zero-order chi connectivity index (χ0) is 19.1. The third kappa shape index (κ3) is 4.84. The van der Waals surface area contributed by atoms with Crippen molar-refractivity contribution in [2.45, 2.75) is 33.2 Å². The van der Waals surface area contributed by atoms with Crippen LogP contribution in [0.2, 0.25) is 0 Å². The molecule has 0 aliphatic heterocycles. The lowest BCUT2D eigenvalue weighted by molar-refractivity contribution is 0.488. The molecule has 0 aliphatic rings. The highest BCUT2D eigenvalue weighted by atomic mass is 15.3. The lowest BCUT2D eigenvalue weighted by Gasteiger charge is -2.23. The van der Waals surface area contributed by atoms with Gasteiger partial charge in [-0.3, -0.25) is 4.40 Å². The fourth-order valence-electron chi connectivity index (χ4n) is 3.14. The zero-order valence-corrected chi connectivity index (χ0v) is 16.3. The highest BCUT2D eigenvalue weighted by molar-refractivity contribution is 5.79. The van der Waals surface area contributed by atoms with Crippen LogP contribution in [0.25, 0.3) is 5.65 Å². The summed E-state index contributed by atoms with van der Waals surface area (Å²) in [6, 6.07) is 16.5. The Labute approximate surface area is 160 Å². The molecular formula is C21H28N6. The van der Waals surface area contributed by atoms with Gasteiger partial charge in [0.05, 0.1) is 0 Å². The fraction of sp³-hybridized carbons (Fsp3) is 0.381. The van der Waals surface area contributed by atoms with E-state index in [0.717, 1.165) is 30.5 Å². The smallest absolute Gasteiger partial charge is 0.191 e. The minimum Gasteiger partial charge on any atom is -0.357 e. The van der Waals surface area contributed by atoms with E-state index in [1.807, 2.05) is 28.8 Å². The van der Waals surface area contributed by atoms with Gasteiger partial charge in [-0.1, -0.05) is 50.2 Å². The summed E-state index contributed by atoms with van der Waals surface area (Å²) >= 11 is 0. The van der Waals surface area contributed by atoms with E-state index in [4.69, 9.17) is 4.99 Å². The third-order valence-corrected chi connectivity index (χ3v) is 4.63. The lowest BCUT2D eigenvalue weighted by Crippen LogP contribution is -2.40. The second-order valence-corrected chi connectivity index (χ2v) is 6.88. The zero-order valence-electron chi connectivity index (χ0n) is 16.3. The third-order valence-electron chi connectivity index (χ3n) is 4.63. The van der Waals surface area contributed by atoms with Crippen molar-refractivity contribution in [1.29, 1.82) is 0 Å². The number of guanidine groups is 1. The van der Waals surface area contributed by atoms with E-state index < -0.39 is 0 Å². The molecule has 6 heteroatoms. The molecule has 3 rings (SSSR count). The van der Waals surface area contributed by atoms with Crippen molar-refractivity contribution in [1.82, 2.24) is 25.2 Å². The summed E-state index contributed by atoms with van der Waals surface area (Å²) in [5.41, 5.74) is 2.18. The molecule has 2 N–H and O–H groups in total. The van der Waals surface area contributed by atoms with E-state index in [1.54, 1.807) is 0 Å². The molecule has 0 fully saturated rings. The first-order chi connectivity index (χ1) is 13.2. The van der Waals surface area contributed by atoms with E-state index in [1.165, 1.54) is 5.56 Å². The number of rotatable bonds is 7. The van der Waals surface area contributed by atoms with E-state index in [0.29, 0.717) is 18.4 Å². The number of nitrogens with zero attached hydrogens (tertiary/aromatic N) is 4. The van der Waals surface area contributed by atoms with Crippen LogP contribution < -0.4 is 10.6 Å². The van der Waals surface area contributed by atoms with Crippen molar-refractivity contribution in [2.75, 3.05) is 13.1 Å². The minimum absolute atomic E-state index is 0.420. The van der Waals surface area contributed by atoms with Gasteiger partial charge in [0.25, 0.3) is 0 Å². The molecule has 0 saturated carbocycles. The Morgan fingerprint density at radius 3 is 2.56 bits per heavy atom. The van der Waals surface area contributed by atoms with Gasteiger partial charge in [-0.05, 0) is 30.5 Å². The Morgan fingerprint density at radius 1 is 1.04 bits per heavy atom. The molecule has 0 aliphatic carbocycles. The second kappa shape index (κ2) is 9.16. The predicted octanol–water partition coefficient (Wildman–Crippen LogP) is 3.22. The maximum atomic E-state index is 4.70. The van der Waals surface area contributed by atoms with Crippen LogP contribution in [0.4, 0.5) is 0 Å². The Morgan fingerprint density at radius 2 is 1.81 bits per heavy atom. The number of hydrogen-bond donors (Lipinski definition) is 2. The average molecular weight is 364 g/mol. The molecule has 0 radical (unpaired) electrons. The highest BCUT2D eigenvalue weighted by Crippen LogP contribution is 2.23. The summed E-state index contributed by atoms with van der Waals surface area (Å²) in [4.78, 5) is 4.70. The molecule has 0 spiro atoms. The number of benzene rings is 1. The topological polar surface area (TPSA) is 66.6 Å². The largest absolute Gasteiger partial charge is 0.357 e. The normalized spacial score (nSPS) is 13.1. The number of hydrogen-bond acceptors (Lipinski definition) is 3. The molecule has 3 aromatic rings. The second-order valence-electron chi connectivity index (χ2n) is 6.88. The fourth-order valence-corrected chi connectivity index (χ4v) is 3.14. The molecule has 1 atom stereocenters. The summed E-state index contributed by atoms with van der Waals surface area (Å²) in [5, 5.41) is 15.2. The Balaban J connectivity index is 1.70. The van der Waals surface area contributed by atoms with E-state index in [-0.39, 0.29) is 0 Å². The standard InChI is InChI=1S/C21H28N6/c1-4-22-21(23-14-18(16(2)3)17-10-6-5-7-11-17)24-15-20-26-25-19-12-8-9-13-27(19)20/h5-13,16,18H,4,14-15H2,1-3H3,(H2,22,23,24). The van der Waals surface area contributed by atoms with Crippen molar-refractivity contribution in [2.24, 2.45) is 10.9 Å². The summed E-state index contributed by atoms with van der Waals surface area (Å²) in [6.07, 6.45) is 1.96. The van der Waals surface area contributed by atoms with Gasteiger partial charge in [-0.25, -0.2) is 4.99 Å². The van der Waals surface area contributed by atoms with Crippen molar-refractivity contribution in [3.05, 3.63) is 66.1 Å². The van der Waals surface area contributed by atoms with Crippen LogP contribution >= 0.6 is 0 Å². The molecule has 0 saturated heterocycles. The monoisotopic (exact) mass is 364 g/mol. The van der Waals surface area contributed by atoms with Crippen LogP contribution in [0.5, 0.6) is 0 Å². The Kier molecular flexibility index (Phi) is 6.41. The van der Waals surface area contributed by atoms with E-state index >= 15 is 0 Å². The number of aromatic nitrogens is 3. The molecule has 6 nitrogen and oxygen atoms in total. The van der Waals surface area contributed by atoms with E-state index in [9.17, 15) is 0 Å².